The highest BCUT2D eigenvalue weighted by molar-refractivity contribution is 7.85. The molecule has 0 fully saturated rings. The molecule has 116 valence electrons. The molecule has 0 spiro atoms. The summed E-state index contributed by atoms with van der Waals surface area (Å²) >= 11 is 5.91. The Labute approximate surface area is 136 Å². The van der Waals surface area contributed by atoms with Crippen molar-refractivity contribution in [3.8, 4) is 0 Å². The highest BCUT2D eigenvalue weighted by atomic mass is 35.5. The van der Waals surface area contributed by atoms with Gasteiger partial charge in [-0.1, -0.05) is 35.9 Å². The normalized spacial score (nSPS) is 13.4. The van der Waals surface area contributed by atoms with Crippen molar-refractivity contribution in [3.05, 3.63) is 64.9 Å². The van der Waals surface area contributed by atoms with Crippen LogP contribution in [0.5, 0.6) is 0 Å². The molecule has 2 aromatic carbocycles. The third kappa shape index (κ3) is 4.15. The molecule has 0 aliphatic carbocycles. The third-order valence-electron chi connectivity index (χ3n) is 3.15. The van der Waals surface area contributed by atoms with Gasteiger partial charge >= 0.3 is 0 Å². The summed E-state index contributed by atoms with van der Waals surface area (Å²) in [7, 11) is -1.58. The van der Waals surface area contributed by atoms with Gasteiger partial charge in [0.25, 0.3) is 0 Å². The first-order valence-corrected chi connectivity index (χ1v) is 8.41. The average Bonchev–Trinajstić information content (AvgIpc) is 2.51. The Morgan fingerprint density at radius 2 is 1.91 bits per heavy atom. The topological polar surface area (TPSA) is 46.2 Å². The summed E-state index contributed by atoms with van der Waals surface area (Å²) in [6.45, 7) is 1.54. The molecule has 1 amide bonds. The van der Waals surface area contributed by atoms with Crippen LogP contribution in [0.15, 0.2) is 48.5 Å². The zero-order chi connectivity index (χ0) is 16.1. The average molecular weight is 340 g/mol. The molecule has 0 aliphatic heterocycles. The summed E-state index contributed by atoms with van der Waals surface area (Å²) in [4.78, 5) is 12.1. The van der Waals surface area contributed by atoms with Gasteiger partial charge in [0.1, 0.15) is 11.1 Å². The van der Waals surface area contributed by atoms with Gasteiger partial charge < -0.3 is 5.32 Å². The molecule has 0 bridgehead atoms. The van der Waals surface area contributed by atoms with Crippen molar-refractivity contribution in [2.75, 3.05) is 5.32 Å². The van der Waals surface area contributed by atoms with Crippen molar-refractivity contribution >= 4 is 34.0 Å². The molecule has 0 aromatic heterocycles. The molecule has 2 rings (SSSR count). The van der Waals surface area contributed by atoms with E-state index in [4.69, 9.17) is 11.6 Å². The Kier molecular flexibility index (Phi) is 5.69. The lowest BCUT2D eigenvalue weighted by molar-refractivity contribution is -0.115. The zero-order valence-electron chi connectivity index (χ0n) is 11.9. The molecule has 6 heteroatoms. The number of carbonyl (C=O) groups is 1. The van der Waals surface area contributed by atoms with E-state index in [1.807, 2.05) is 6.07 Å². The molecule has 0 aliphatic rings. The number of carbonyl (C=O) groups excluding carboxylic acids is 1. The zero-order valence-corrected chi connectivity index (χ0v) is 13.5. The second-order valence-corrected chi connectivity index (χ2v) is 6.89. The number of amides is 1. The van der Waals surface area contributed by atoms with Gasteiger partial charge in [0.05, 0.1) is 5.75 Å². The second kappa shape index (κ2) is 7.51. The molecule has 0 heterocycles. The molecule has 0 saturated heterocycles. The molecule has 1 N–H and O–H groups in total. The minimum absolute atomic E-state index is 0.102. The summed E-state index contributed by atoms with van der Waals surface area (Å²) in [5.41, 5.74) is 0.794. The lowest BCUT2D eigenvalue weighted by Gasteiger charge is -2.13. The van der Waals surface area contributed by atoms with Crippen LogP contribution in [0.2, 0.25) is 5.02 Å². The lowest BCUT2D eigenvalue weighted by Crippen LogP contribution is -2.29. The van der Waals surface area contributed by atoms with E-state index in [2.05, 4.69) is 5.32 Å². The summed E-state index contributed by atoms with van der Waals surface area (Å²) in [5.74, 6) is -0.997. The van der Waals surface area contributed by atoms with Gasteiger partial charge in [-0.2, -0.15) is 0 Å². The number of anilines is 1. The summed E-state index contributed by atoms with van der Waals surface area (Å²) < 4.78 is 26.0. The molecule has 0 radical (unpaired) electrons. The standard InChI is InChI=1S/C16H15ClFNO2S/c1-11(16(20)19-12-6-3-2-4-7-12)22(21)10-13-14(17)8-5-9-15(13)18/h2-9,11H,10H2,1H3,(H,19,20). The first-order valence-electron chi connectivity index (χ1n) is 6.65. The second-order valence-electron chi connectivity index (χ2n) is 4.72. The van der Waals surface area contributed by atoms with Crippen LogP contribution in [0, 0.1) is 5.82 Å². The third-order valence-corrected chi connectivity index (χ3v) is 5.08. The number of hydrogen-bond acceptors (Lipinski definition) is 2. The molecule has 3 nitrogen and oxygen atoms in total. The van der Waals surface area contributed by atoms with E-state index in [1.165, 1.54) is 18.2 Å². The van der Waals surface area contributed by atoms with E-state index in [9.17, 15) is 13.4 Å². The number of nitrogens with one attached hydrogen (secondary N) is 1. The number of para-hydroxylation sites is 1. The molecular weight excluding hydrogens is 325 g/mol. The van der Waals surface area contributed by atoms with Crippen LogP contribution >= 0.6 is 11.6 Å². The van der Waals surface area contributed by atoms with Gasteiger partial charge in [-0.3, -0.25) is 9.00 Å². The number of halogens is 2. The Bertz CT molecular complexity index is 674. The molecule has 22 heavy (non-hydrogen) atoms. The number of benzene rings is 2. The van der Waals surface area contributed by atoms with E-state index in [-0.39, 0.29) is 22.2 Å². The van der Waals surface area contributed by atoms with E-state index in [1.54, 1.807) is 31.2 Å². The van der Waals surface area contributed by atoms with Crippen LogP contribution in [0.4, 0.5) is 10.1 Å². The Morgan fingerprint density at radius 1 is 1.23 bits per heavy atom. The fraction of sp³-hybridized carbons (Fsp3) is 0.188. The largest absolute Gasteiger partial charge is 0.325 e. The molecular formula is C16H15ClFNO2S. The van der Waals surface area contributed by atoms with Crippen LogP contribution in [0.25, 0.3) is 0 Å². The van der Waals surface area contributed by atoms with Gasteiger partial charge in [0, 0.05) is 27.1 Å². The molecule has 0 saturated carbocycles. The van der Waals surface area contributed by atoms with E-state index in [0.717, 1.165) is 0 Å². The van der Waals surface area contributed by atoms with Crippen LogP contribution < -0.4 is 5.32 Å². The molecule has 2 atom stereocenters. The predicted octanol–water partition coefficient (Wildman–Crippen LogP) is 3.76. The van der Waals surface area contributed by atoms with Crippen molar-refractivity contribution in [3.63, 3.8) is 0 Å². The summed E-state index contributed by atoms with van der Waals surface area (Å²) in [6.07, 6.45) is 0. The van der Waals surface area contributed by atoms with Crippen LogP contribution in [-0.4, -0.2) is 15.4 Å². The fourth-order valence-electron chi connectivity index (χ4n) is 1.82. The highest BCUT2D eigenvalue weighted by Gasteiger charge is 2.22. The van der Waals surface area contributed by atoms with Crippen molar-refractivity contribution in [1.82, 2.24) is 0 Å². The highest BCUT2D eigenvalue weighted by Crippen LogP contribution is 2.21. The smallest absolute Gasteiger partial charge is 0.239 e. The van der Waals surface area contributed by atoms with E-state index >= 15 is 0 Å². The molecule has 2 unspecified atom stereocenters. The monoisotopic (exact) mass is 339 g/mol. The van der Waals surface area contributed by atoms with Crippen molar-refractivity contribution in [2.24, 2.45) is 0 Å². The van der Waals surface area contributed by atoms with Gasteiger partial charge in [-0.25, -0.2) is 4.39 Å². The van der Waals surface area contributed by atoms with Crippen molar-refractivity contribution < 1.29 is 13.4 Å². The van der Waals surface area contributed by atoms with Gasteiger partial charge in [0.2, 0.25) is 5.91 Å². The minimum atomic E-state index is -1.58. The number of hydrogen-bond donors (Lipinski definition) is 1. The van der Waals surface area contributed by atoms with Gasteiger partial charge in [0.15, 0.2) is 0 Å². The fourth-order valence-corrected chi connectivity index (χ4v) is 3.26. The van der Waals surface area contributed by atoms with Crippen molar-refractivity contribution in [1.29, 1.82) is 0 Å². The molecule has 2 aromatic rings. The Balaban J connectivity index is 2.04. The quantitative estimate of drug-likeness (QED) is 0.901. The van der Waals surface area contributed by atoms with Crippen molar-refractivity contribution in [2.45, 2.75) is 17.9 Å². The van der Waals surface area contributed by atoms with E-state index < -0.39 is 21.9 Å². The van der Waals surface area contributed by atoms with Crippen LogP contribution in [0.3, 0.4) is 0 Å². The summed E-state index contributed by atoms with van der Waals surface area (Å²) in [5, 5.41) is 2.11. The van der Waals surface area contributed by atoms with Gasteiger partial charge in [-0.05, 0) is 31.2 Å². The SMILES string of the molecule is CC(C(=O)Nc1ccccc1)S(=O)Cc1c(F)cccc1Cl. The van der Waals surface area contributed by atoms with E-state index in [0.29, 0.717) is 5.69 Å². The predicted molar refractivity (Wildman–Crippen MR) is 87.8 cm³/mol. The minimum Gasteiger partial charge on any atom is -0.325 e. The maximum atomic E-state index is 13.7. The van der Waals surface area contributed by atoms with Crippen LogP contribution in [-0.2, 0) is 21.3 Å². The maximum absolute atomic E-state index is 13.7. The summed E-state index contributed by atoms with van der Waals surface area (Å²) in [6, 6.07) is 13.2. The number of rotatable bonds is 5. The Morgan fingerprint density at radius 3 is 2.55 bits per heavy atom. The first kappa shape index (κ1) is 16.6. The van der Waals surface area contributed by atoms with Gasteiger partial charge in [-0.15, -0.1) is 0 Å². The first-order chi connectivity index (χ1) is 10.5. The van der Waals surface area contributed by atoms with Crippen LogP contribution in [0.1, 0.15) is 12.5 Å². The Hall–Kier alpha value is -1.72. The maximum Gasteiger partial charge on any atom is 0.239 e. The lowest BCUT2D eigenvalue weighted by atomic mass is 10.2.